The number of nitrogens with one attached hydrogen (secondary N) is 1. The Morgan fingerprint density at radius 3 is 2.49 bits per heavy atom. The van der Waals surface area contributed by atoms with E-state index in [4.69, 9.17) is 9.47 Å². The van der Waals surface area contributed by atoms with E-state index in [0.717, 1.165) is 24.0 Å². The van der Waals surface area contributed by atoms with Crippen molar-refractivity contribution in [3.05, 3.63) is 82.9 Å². The van der Waals surface area contributed by atoms with Crippen LogP contribution >= 0.6 is 0 Å². The zero-order valence-electron chi connectivity index (χ0n) is 21.4. The molecule has 0 bridgehead atoms. The fourth-order valence-corrected chi connectivity index (χ4v) is 6.48. The summed E-state index contributed by atoms with van der Waals surface area (Å²) in [7, 11) is -2.43. The van der Waals surface area contributed by atoms with Crippen LogP contribution in [-0.4, -0.2) is 34.1 Å². The second-order valence-electron chi connectivity index (χ2n) is 9.75. The number of nitrogens with zero attached hydrogens (tertiary/aromatic N) is 1. The maximum absolute atomic E-state index is 13.7. The highest BCUT2D eigenvalue weighted by atomic mass is 32.2. The second kappa shape index (κ2) is 10.1. The molecule has 5 rings (SSSR count). The first kappa shape index (κ1) is 25.1. The van der Waals surface area contributed by atoms with Crippen LogP contribution in [0.15, 0.2) is 65.6 Å². The molecule has 7 nitrogen and oxygen atoms in total. The molecule has 2 aliphatic rings. The first-order valence-electron chi connectivity index (χ1n) is 12.6. The number of hydrogen-bond donors (Lipinski definition) is 1. The van der Waals surface area contributed by atoms with Crippen molar-refractivity contribution in [3.8, 4) is 11.5 Å². The summed E-state index contributed by atoms with van der Waals surface area (Å²) >= 11 is 0. The summed E-state index contributed by atoms with van der Waals surface area (Å²) in [5, 5.41) is 3.04. The molecule has 1 heterocycles. The summed E-state index contributed by atoms with van der Waals surface area (Å²) in [5.74, 6) is 0.562. The van der Waals surface area contributed by atoms with E-state index >= 15 is 0 Å². The number of amides is 1. The van der Waals surface area contributed by atoms with Gasteiger partial charge in [0.15, 0.2) is 6.10 Å². The van der Waals surface area contributed by atoms with Crippen molar-refractivity contribution in [2.24, 2.45) is 0 Å². The van der Waals surface area contributed by atoms with Gasteiger partial charge in [-0.2, -0.15) is 0 Å². The van der Waals surface area contributed by atoms with Gasteiger partial charge in [-0.3, -0.25) is 9.10 Å². The molecule has 0 spiro atoms. The van der Waals surface area contributed by atoms with Gasteiger partial charge in [0, 0.05) is 0 Å². The average Bonchev–Trinajstić information content (AvgIpc) is 2.92. The number of ether oxygens (including phenoxy) is 2. The third-order valence-electron chi connectivity index (χ3n) is 7.16. The van der Waals surface area contributed by atoms with Gasteiger partial charge < -0.3 is 14.8 Å². The van der Waals surface area contributed by atoms with Gasteiger partial charge >= 0.3 is 0 Å². The molecule has 194 valence electrons. The zero-order valence-corrected chi connectivity index (χ0v) is 22.2. The lowest BCUT2D eigenvalue weighted by Gasteiger charge is -2.35. The minimum atomic E-state index is -3.96. The van der Waals surface area contributed by atoms with Crippen LogP contribution in [0.2, 0.25) is 0 Å². The van der Waals surface area contributed by atoms with Gasteiger partial charge in [-0.05, 0) is 98.2 Å². The summed E-state index contributed by atoms with van der Waals surface area (Å²) in [6.07, 6.45) is 3.57. The van der Waals surface area contributed by atoms with E-state index in [1.807, 2.05) is 19.9 Å². The molecule has 1 aliphatic heterocycles. The lowest BCUT2D eigenvalue weighted by Crippen LogP contribution is -2.51. The molecule has 8 heteroatoms. The van der Waals surface area contributed by atoms with Crippen LogP contribution in [0.1, 0.15) is 48.1 Å². The summed E-state index contributed by atoms with van der Waals surface area (Å²) in [6.45, 7) is 3.69. The fraction of sp³-hybridized carbons (Fsp3) is 0.345. The molecule has 2 atom stereocenters. The van der Waals surface area contributed by atoms with E-state index in [1.165, 1.54) is 47.5 Å². The van der Waals surface area contributed by atoms with Crippen LogP contribution < -0.4 is 19.1 Å². The fourth-order valence-electron chi connectivity index (χ4n) is 5.01. The van der Waals surface area contributed by atoms with Gasteiger partial charge in [-0.1, -0.05) is 24.3 Å². The molecule has 0 unspecified atom stereocenters. The Bertz CT molecular complexity index is 1420. The van der Waals surface area contributed by atoms with Crippen LogP contribution in [0, 0.1) is 6.92 Å². The number of hydrogen-bond acceptors (Lipinski definition) is 5. The molecule has 1 amide bonds. The largest absolute Gasteiger partial charge is 0.497 e. The van der Waals surface area contributed by atoms with Gasteiger partial charge in [0.25, 0.3) is 15.9 Å². The van der Waals surface area contributed by atoms with Crippen molar-refractivity contribution in [1.82, 2.24) is 5.32 Å². The van der Waals surface area contributed by atoms with Crippen molar-refractivity contribution < 1.29 is 22.7 Å². The summed E-state index contributed by atoms with van der Waals surface area (Å²) in [6, 6.07) is 17.7. The predicted molar refractivity (Wildman–Crippen MR) is 143 cm³/mol. The van der Waals surface area contributed by atoms with E-state index in [2.05, 4.69) is 23.5 Å². The standard InChI is InChI=1S/C29H32N2O5S/c1-19-8-15-27-26(16-19)31(37(33,34)25-13-11-24(35-3)12-14-25)18-28(36-27)29(32)30-20(2)22-10-9-21-6-4-5-7-23(21)17-22/h8-17,20,28H,4-7,18H2,1-3H3,(H,30,32)/t20-,28-/m0/s1. The lowest BCUT2D eigenvalue weighted by molar-refractivity contribution is -0.128. The molecule has 3 aromatic carbocycles. The van der Waals surface area contributed by atoms with E-state index in [1.54, 1.807) is 24.3 Å². The molecule has 0 saturated heterocycles. The molecule has 3 aromatic rings. The van der Waals surface area contributed by atoms with Crippen LogP contribution in [0.25, 0.3) is 0 Å². The highest BCUT2D eigenvalue weighted by molar-refractivity contribution is 7.92. The number of rotatable bonds is 6. The molecule has 0 saturated carbocycles. The zero-order chi connectivity index (χ0) is 26.2. The van der Waals surface area contributed by atoms with E-state index in [0.29, 0.717) is 17.2 Å². The quantitative estimate of drug-likeness (QED) is 0.509. The maximum atomic E-state index is 13.7. The minimum absolute atomic E-state index is 0.115. The summed E-state index contributed by atoms with van der Waals surface area (Å²) in [5.41, 5.74) is 5.07. The monoisotopic (exact) mass is 520 g/mol. The third-order valence-corrected chi connectivity index (χ3v) is 8.95. The Morgan fingerprint density at radius 2 is 1.76 bits per heavy atom. The van der Waals surface area contributed by atoms with E-state index < -0.39 is 16.1 Å². The topological polar surface area (TPSA) is 84.9 Å². The number of carbonyl (C=O) groups is 1. The van der Waals surface area contributed by atoms with E-state index in [-0.39, 0.29) is 23.4 Å². The smallest absolute Gasteiger partial charge is 0.264 e. The van der Waals surface area contributed by atoms with Gasteiger partial charge in [-0.25, -0.2) is 8.42 Å². The first-order chi connectivity index (χ1) is 17.8. The molecule has 37 heavy (non-hydrogen) atoms. The lowest BCUT2D eigenvalue weighted by atomic mass is 9.89. The average molecular weight is 521 g/mol. The van der Waals surface area contributed by atoms with Gasteiger partial charge in [0.2, 0.25) is 0 Å². The minimum Gasteiger partial charge on any atom is -0.497 e. The Hall–Kier alpha value is -3.52. The van der Waals surface area contributed by atoms with Crippen LogP contribution in [0.3, 0.4) is 0 Å². The molecular weight excluding hydrogens is 488 g/mol. The Labute approximate surface area is 218 Å². The van der Waals surface area contributed by atoms with Crippen molar-refractivity contribution in [1.29, 1.82) is 0 Å². The molecule has 1 N–H and O–H groups in total. The van der Waals surface area contributed by atoms with Gasteiger partial charge in [-0.15, -0.1) is 0 Å². The van der Waals surface area contributed by atoms with Gasteiger partial charge in [0.1, 0.15) is 11.5 Å². The number of anilines is 1. The predicted octanol–water partition coefficient (Wildman–Crippen LogP) is 4.72. The SMILES string of the molecule is COc1ccc(S(=O)(=O)N2C[C@@H](C(=O)N[C@@H](C)c3ccc4c(c3)CCCC4)Oc3ccc(C)cc32)cc1. The van der Waals surface area contributed by atoms with Crippen molar-refractivity contribution in [2.75, 3.05) is 18.0 Å². The molecule has 0 radical (unpaired) electrons. The number of benzene rings is 3. The number of methoxy groups -OCH3 is 1. The Balaban J connectivity index is 1.40. The summed E-state index contributed by atoms with van der Waals surface area (Å²) in [4.78, 5) is 13.5. The third kappa shape index (κ3) is 5.03. The van der Waals surface area contributed by atoms with Crippen molar-refractivity contribution >= 4 is 21.6 Å². The second-order valence-corrected chi connectivity index (χ2v) is 11.6. The van der Waals surface area contributed by atoms with Gasteiger partial charge in [0.05, 0.1) is 30.3 Å². The Morgan fingerprint density at radius 1 is 1.03 bits per heavy atom. The molecule has 0 fully saturated rings. The number of fused-ring (bicyclic) bond motifs is 2. The van der Waals surface area contributed by atoms with E-state index in [9.17, 15) is 13.2 Å². The number of aryl methyl sites for hydroxylation is 3. The Kier molecular flexibility index (Phi) is 6.86. The normalized spacial score (nSPS) is 17.7. The number of carbonyl (C=O) groups excluding carboxylic acids is 1. The first-order valence-corrected chi connectivity index (χ1v) is 14.1. The molecule has 0 aromatic heterocycles. The highest BCUT2D eigenvalue weighted by Gasteiger charge is 2.38. The molecular formula is C29H32N2O5S. The molecule has 1 aliphatic carbocycles. The van der Waals surface area contributed by atoms with Crippen molar-refractivity contribution in [3.63, 3.8) is 0 Å². The van der Waals surface area contributed by atoms with Crippen LogP contribution in [0.5, 0.6) is 11.5 Å². The highest BCUT2D eigenvalue weighted by Crippen LogP contribution is 2.38. The summed E-state index contributed by atoms with van der Waals surface area (Å²) < 4.78 is 39.9. The van der Waals surface area contributed by atoms with Crippen molar-refractivity contribution in [2.45, 2.75) is 56.6 Å². The van der Waals surface area contributed by atoms with Crippen LogP contribution in [0.4, 0.5) is 5.69 Å². The maximum Gasteiger partial charge on any atom is 0.264 e. The number of sulfonamides is 1. The van der Waals surface area contributed by atoms with Crippen LogP contribution in [-0.2, 0) is 27.7 Å².